The van der Waals surface area contributed by atoms with Gasteiger partial charge in [0, 0.05) is 10.8 Å². The third-order valence-corrected chi connectivity index (χ3v) is 5.46. The second-order valence-corrected chi connectivity index (χ2v) is 8.30. The average molecular weight is 459 g/mol. The molecule has 2 aromatic rings. The molecule has 0 amide bonds. The SMILES string of the molecule is CCCCCCCOC(=O)Oc1cc(C)c(OC(=O)OCCCCCCC)c2ccccc12. The molecule has 6 nitrogen and oxygen atoms in total. The maximum Gasteiger partial charge on any atom is 0.513 e. The van der Waals surface area contributed by atoms with E-state index in [4.69, 9.17) is 18.9 Å². The molecular formula is C27H38O6. The standard InChI is InChI=1S/C27H38O6/c1-4-6-8-10-14-18-30-26(28)32-24-20-21(3)25(23-17-13-12-16-22(23)24)33-27(29)31-19-15-11-9-7-5-2/h12-13,16-17,20H,4-11,14-15,18-19H2,1-3H3. The molecule has 0 unspecified atom stereocenters. The number of carbonyl (C=O) groups excluding carboxylic acids is 2. The molecule has 0 heterocycles. The van der Waals surface area contributed by atoms with E-state index in [1.165, 1.54) is 25.7 Å². The van der Waals surface area contributed by atoms with Gasteiger partial charge in [0.1, 0.15) is 11.5 Å². The van der Waals surface area contributed by atoms with Crippen LogP contribution in [-0.2, 0) is 9.47 Å². The minimum Gasteiger partial charge on any atom is -0.434 e. The summed E-state index contributed by atoms with van der Waals surface area (Å²) in [5.74, 6) is 0.772. The molecule has 0 fully saturated rings. The van der Waals surface area contributed by atoms with Gasteiger partial charge in [-0.1, -0.05) is 89.5 Å². The largest absolute Gasteiger partial charge is 0.513 e. The quantitative estimate of drug-likeness (QED) is 0.162. The van der Waals surface area contributed by atoms with Crippen LogP contribution in [0, 0.1) is 6.92 Å². The lowest BCUT2D eigenvalue weighted by Crippen LogP contribution is -2.14. The van der Waals surface area contributed by atoms with Gasteiger partial charge in [0.25, 0.3) is 0 Å². The number of hydrogen-bond acceptors (Lipinski definition) is 6. The molecule has 0 saturated carbocycles. The number of aryl methyl sites for hydroxylation is 1. The van der Waals surface area contributed by atoms with E-state index in [-0.39, 0.29) is 0 Å². The van der Waals surface area contributed by atoms with Crippen molar-refractivity contribution >= 4 is 23.1 Å². The monoisotopic (exact) mass is 458 g/mol. The van der Waals surface area contributed by atoms with Gasteiger partial charge in [0.15, 0.2) is 0 Å². The maximum absolute atomic E-state index is 12.2. The normalized spacial score (nSPS) is 10.8. The molecule has 6 heteroatoms. The summed E-state index contributed by atoms with van der Waals surface area (Å²) in [6.45, 7) is 6.80. The van der Waals surface area contributed by atoms with E-state index in [2.05, 4.69) is 13.8 Å². The van der Waals surface area contributed by atoms with Crippen LogP contribution in [0.25, 0.3) is 10.8 Å². The summed E-state index contributed by atoms with van der Waals surface area (Å²) in [7, 11) is 0. The van der Waals surface area contributed by atoms with Gasteiger partial charge < -0.3 is 18.9 Å². The van der Waals surface area contributed by atoms with Crippen LogP contribution in [0.2, 0.25) is 0 Å². The predicted octanol–water partition coefficient (Wildman–Crippen LogP) is 8.12. The second-order valence-electron chi connectivity index (χ2n) is 8.30. The Hall–Kier alpha value is -2.76. The van der Waals surface area contributed by atoms with Crippen molar-refractivity contribution in [3.05, 3.63) is 35.9 Å². The van der Waals surface area contributed by atoms with Crippen molar-refractivity contribution in [1.82, 2.24) is 0 Å². The van der Waals surface area contributed by atoms with Gasteiger partial charge in [-0.15, -0.1) is 0 Å². The molecule has 0 atom stereocenters. The minimum atomic E-state index is -0.730. The second kappa shape index (κ2) is 15.1. The predicted molar refractivity (Wildman–Crippen MR) is 130 cm³/mol. The molecule has 0 bridgehead atoms. The number of benzene rings is 2. The van der Waals surface area contributed by atoms with Gasteiger partial charge in [0.2, 0.25) is 0 Å². The van der Waals surface area contributed by atoms with Crippen molar-refractivity contribution in [2.45, 2.75) is 85.0 Å². The van der Waals surface area contributed by atoms with Crippen LogP contribution in [0.5, 0.6) is 11.5 Å². The summed E-state index contributed by atoms with van der Waals surface area (Å²) in [4.78, 5) is 24.4. The van der Waals surface area contributed by atoms with Crippen molar-refractivity contribution in [3.8, 4) is 11.5 Å². The highest BCUT2D eigenvalue weighted by molar-refractivity contribution is 5.96. The number of rotatable bonds is 14. The first-order valence-electron chi connectivity index (χ1n) is 12.3. The van der Waals surface area contributed by atoms with Crippen LogP contribution >= 0.6 is 0 Å². The molecule has 33 heavy (non-hydrogen) atoms. The Morgan fingerprint density at radius 2 is 1.21 bits per heavy atom. The molecule has 0 aliphatic carbocycles. The maximum atomic E-state index is 12.2. The van der Waals surface area contributed by atoms with Crippen LogP contribution < -0.4 is 9.47 Å². The minimum absolute atomic E-state index is 0.338. The summed E-state index contributed by atoms with van der Waals surface area (Å²) in [5.41, 5.74) is 0.663. The number of fused-ring (bicyclic) bond motifs is 1. The van der Waals surface area contributed by atoms with Crippen molar-refractivity contribution in [2.24, 2.45) is 0 Å². The van der Waals surface area contributed by atoms with Crippen molar-refractivity contribution in [3.63, 3.8) is 0 Å². The lowest BCUT2D eigenvalue weighted by molar-refractivity contribution is 0.0956. The van der Waals surface area contributed by atoms with Crippen LogP contribution in [0.1, 0.15) is 83.6 Å². The van der Waals surface area contributed by atoms with Crippen molar-refractivity contribution in [1.29, 1.82) is 0 Å². The highest BCUT2D eigenvalue weighted by Gasteiger charge is 2.18. The van der Waals surface area contributed by atoms with E-state index >= 15 is 0 Å². The number of unbranched alkanes of at least 4 members (excludes halogenated alkanes) is 8. The van der Waals surface area contributed by atoms with Crippen LogP contribution in [0.15, 0.2) is 30.3 Å². The lowest BCUT2D eigenvalue weighted by Gasteiger charge is -2.14. The van der Waals surface area contributed by atoms with E-state index in [1.54, 1.807) is 13.0 Å². The first-order chi connectivity index (χ1) is 16.1. The molecule has 0 saturated heterocycles. The van der Waals surface area contributed by atoms with Gasteiger partial charge >= 0.3 is 12.3 Å². The number of carbonyl (C=O) groups is 2. The van der Waals surface area contributed by atoms with Crippen molar-refractivity contribution < 1.29 is 28.5 Å². The molecular weight excluding hydrogens is 420 g/mol. The lowest BCUT2D eigenvalue weighted by atomic mass is 10.0. The van der Waals surface area contributed by atoms with Crippen LogP contribution in [0.4, 0.5) is 9.59 Å². The third kappa shape index (κ3) is 9.32. The van der Waals surface area contributed by atoms with E-state index in [0.717, 1.165) is 38.5 Å². The van der Waals surface area contributed by atoms with Gasteiger partial charge in [-0.3, -0.25) is 0 Å². The molecule has 182 valence electrons. The van der Waals surface area contributed by atoms with Crippen LogP contribution in [-0.4, -0.2) is 25.5 Å². The van der Waals surface area contributed by atoms with E-state index in [0.29, 0.717) is 41.0 Å². The fourth-order valence-electron chi connectivity index (χ4n) is 3.62. The Labute approximate surface area is 197 Å². The fourth-order valence-corrected chi connectivity index (χ4v) is 3.62. The zero-order chi connectivity index (χ0) is 23.9. The molecule has 0 aliphatic heterocycles. The van der Waals surface area contributed by atoms with E-state index in [1.807, 2.05) is 24.3 Å². The molecule has 2 aromatic carbocycles. The van der Waals surface area contributed by atoms with E-state index < -0.39 is 12.3 Å². The average Bonchev–Trinajstić information content (AvgIpc) is 2.81. The summed E-state index contributed by atoms with van der Waals surface area (Å²) in [5, 5.41) is 1.32. The Bertz CT molecular complexity index is 876. The first kappa shape index (κ1) is 26.5. The topological polar surface area (TPSA) is 71.1 Å². The highest BCUT2D eigenvalue weighted by Crippen LogP contribution is 2.37. The van der Waals surface area contributed by atoms with Crippen LogP contribution in [0.3, 0.4) is 0 Å². The Balaban J connectivity index is 1.96. The summed E-state index contributed by atoms with van der Waals surface area (Å²) in [6, 6.07) is 8.99. The smallest absolute Gasteiger partial charge is 0.434 e. The van der Waals surface area contributed by atoms with E-state index in [9.17, 15) is 9.59 Å². The molecule has 0 spiro atoms. The molecule has 0 N–H and O–H groups in total. The van der Waals surface area contributed by atoms with Crippen molar-refractivity contribution in [2.75, 3.05) is 13.2 Å². The molecule has 0 aliphatic rings. The molecule has 0 radical (unpaired) electrons. The summed E-state index contributed by atoms with van der Waals surface area (Å²) in [6.07, 6.45) is 9.26. The zero-order valence-electron chi connectivity index (χ0n) is 20.3. The fraction of sp³-hybridized carbons (Fsp3) is 0.556. The Kier molecular flexibility index (Phi) is 12.2. The summed E-state index contributed by atoms with van der Waals surface area (Å²) >= 11 is 0. The first-order valence-corrected chi connectivity index (χ1v) is 12.3. The third-order valence-electron chi connectivity index (χ3n) is 5.46. The van der Waals surface area contributed by atoms with Gasteiger partial charge in [-0.2, -0.15) is 0 Å². The Morgan fingerprint density at radius 3 is 1.79 bits per heavy atom. The highest BCUT2D eigenvalue weighted by atomic mass is 16.7. The Morgan fingerprint density at radius 1 is 0.697 bits per heavy atom. The van der Waals surface area contributed by atoms with Gasteiger partial charge in [0.05, 0.1) is 13.2 Å². The number of ether oxygens (including phenoxy) is 4. The van der Waals surface area contributed by atoms with Gasteiger partial charge in [-0.05, 0) is 31.4 Å². The molecule has 0 aromatic heterocycles. The number of hydrogen-bond donors (Lipinski definition) is 0. The molecule has 2 rings (SSSR count). The summed E-state index contributed by atoms with van der Waals surface area (Å²) < 4.78 is 21.5. The van der Waals surface area contributed by atoms with Gasteiger partial charge in [-0.25, -0.2) is 9.59 Å². The zero-order valence-corrected chi connectivity index (χ0v) is 20.3.